The zero-order valence-corrected chi connectivity index (χ0v) is 22.1. The van der Waals surface area contributed by atoms with E-state index < -0.39 is 40.6 Å². The lowest BCUT2D eigenvalue weighted by Gasteiger charge is -2.54. The van der Waals surface area contributed by atoms with Crippen LogP contribution in [0.25, 0.3) is 0 Å². The number of hydrogen-bond donors (Lipinski definition) is 1. The highest BCUT2D eigenvalue weighted by molar-refractivity contribution is 5.82. The van der Waals surface area contributed by atoms with Gasteiger partial charge in [-0.2, -0.15) is 0 Å². The van der Waals surface area contributed by atoms with Gasteiger partial charge >= 0.3 is 11.9 Å². The molecule has 1 spiro atoms. The van der Waals surface area contributed by atoms with Crippen LogP contribution in [0.3, 0.4) is 0 Å². The van der Waals surface area contributed by atoms with E-state index in [1.165, 1.54) is 11.6 Å². The van der Waals surface area contributed by atoms with Crippen molar-refractivity contribution in [3.8, 4) is 0 Å². The summed E-state index contributed by atoms with van der Waals surface area (Å²) in [5.41, 5.74) is -0.834. The Bertz CT molecular complexity index is 1070. The zero-order chi connectivity index (χ0) is 26.2. The van der Waals surface area contributed by atoms with E-state index in [1.54, 1.807) is 12.2 Å². The van der Waals surface area contributed by atoms with Crippen LogP contribution in [0.1, 0.15) is 59.8 Å². The number of carbonyl (C=O) groups excluding carboxylic acids is 2. The average Bonchev–Trinajstić information content (AvgIpc) is 3.72. The lowest BCUT2D eigenvalue weighted by molar-refractivity contribution is -0.201. The molecule has 3 saturated heterocycles. The number of hydrogen-bond acceptors (Lipinski definition) is 8. The largest absolute Gasteiger partial charge is 0.463 e. The number of rotatable bonds is 0. The van der Waals surface area contributed by atoms with Crippen LogP contribution in [-0.2, 0) is 33.3 Å². The van der Waals surface area contributed by atoms with E-state index in [2.05, 4.69) is 19.9 Å². The molecule has 8 nitrogen and oxygen atoms in total. The molecule has 1 N–H and O–H groups in total. The first-order valence-electron chi connectivity index (χ1n) is 13.6. The summed E-state index contributed by atoms with van der Waals surface area (Å²) >= 11 is 0. The van der Waals surface area contributed by atoms with E-state index in [1.807, 2.05) is 19.9 Å². The van der Waals surface area contributed by atoms with Crippen LogP contribution >= 0.6 is 0 Å². The van der Waals surface area contributed by atoms with E-state index in [9.17, 15) is 14.7 Å². The summed E-state index contributed by atoms with van der Waals surface area (Å²) in [7, 11) is 0. The minimum Gasteiger partial charge on any atom is -0.463 e. The van der Waals surface area contributed by atoms with E-state index in [0.29, 0.717) is 25.9 Å². The maximum absolute atomic E-state index is 13.1. The van der Waals surface area contributed by atoms with Crippen molar-refractivity contribution in [3.63, 3.8) is 0 Å². The Morgan fingerprint density at radius 2 is 1.92 bits per heavy atom. The van der Waals surface area contributed by atoms with Crippen LogP contribution in [-0.4, -0.2) is 72.0 Å². The molecule has 3 aliphatic carbocycles. The van der Waals surface area contributed by atoms with Gasteiger partial charge in [-0.05, 0) is 39.0 Å². The molecule has 0 radical (unpaired) electrons. The monoisotopic (exact) mass is 514 g/mol. The minimum absolute atomic E-state index is 0.0641. The second-order valence-corrected chi connectivity index (χ2v) is 12.2. The van der Waals surface area contributed by atoms with Gasteiger partial charge < -0.3 is 28.8 Å². The summed E-state index contributed by atoms with van der Waals surface area (Å²) in [6, 6.07) is 0. The smallest absolute Gasteiger partial charge is 0.335 e. The molecule has 7 rings (SSSR count). The first-order chi connectivity index (χ1) is 17.6. The number of allylic oxidation sites excluding steroid dienone is 3. The Labute approximate surface area is 218 Å². The second-order valence-electron chi connectivity index (χ2n) is 12.2. The van der Waals surface area contributed by atoms with E-state index in [-0.39, 0.29) is 36.4 Å². The van der Waals surface area contributed by atoms with Gasteiger partial charge in [-0.1, -0.05) is 43.7 Å². The van der Waals surface area contributed by atoms with Gasteiger partial charge in [0.25, 0.3) is 0 Å². The third-order valence-electron chi connectivity index (χ3n) is 10.3. The van der Waals surface area contributed by atoms with Crippen LogP contribution in [0.5, 0.6) is 0 Å². The predicted octanol–water partition coefficient (Wildman–Crippen LogP) is 3.18. The van der Waals surface area contributed by atoms with Crippen LogP contribution in [0.4, 0.5) is 0 Å². The number of cyclic esters (lactones) is 1. The van der Waals surface area contributed by atoms with Gasteiger partial charge in [0.15, 0.2) is 6.10 Å². The molecule has 4 heterocycles. The molecule has 0 aromatic carbocycles. The fourth-order valence-corrected chi connectivity index (χ4v) is 7.68. The van der Waals surface area contributed by atoms with Crippen molar-refractivity contribution < 1.29 is 38.4 Å². The summed E-state index contributed by atoms with van der Waals surface area (Å²) in [5, 5.41) is 10.8. The van der Waals surface area contributed by atoms with Crippen LogP contribution in [0.2, 0.25) is 0 Å². The summed E-state index contributed by atoms with van der Waals surface area (Å²) in [6.45, 7) is 8.40. The Hall–Kier alpha value is -2.00. The molecule has 0 aromatic heterocycles. The lowest BCUT2D eigenvalue weighted by atomic mass is 9.51. The number of esters is 2. The van der Waals surface area contributed by atoms with E-state index >= 15 is 0 Å². The van der Waals surface area contributed by atoms with Gasteiger partial charge in [0.1, 0.15) is 23.9 Å². The summed E-state index contributed by atoms with van der Waals surface area (Å²) in [4.78, 5) is 26.1. The zero-order valence-electron chi connectivity index (χ0n) is 22.1. The van der Waals surface area contributed by atoms with Gasteiger partial charge in [0.2, 0.25) is 0 Å². The second kappa shape index (κ2) is 8.50. The van der Waals surface area contributed by atoms with Crippen molar-refractivity contribution in [1.82, 2.24) is 0 Å². The van der Waals surface area contributed by atoms with Crippen LogP contribution in [0, 0.1) is 16.7 Å². The van der Waals surface area contributed by atoms with Crippen LogP contribution in [0.15, 0.2) is 36.0 Å². The molecule has 4 aliphatic heterocycles. The highest BCUT2D eigenvalue weighted by Crippen LogP contribution is 2.88. The minimum atomic E-state index is -1.26. The van der Waals surface area contributed by atoms with Crippen molar-refractivity contribution in [3.05, 3.63) is 36.0 Å². The molecule has 5 unspecified atom stereocenters. The van der Waals surface area contributed by atoms with Gasteiger partial charge in [0, 0.05) is 36.4 Å². The quantitative estimate of drug-likeness (QED) is 0.299. The first kappa shape index (κ1) is 25.3. The summed E-state index contributed by atoms with van der Waals surface area (Å²) in [5.74, 6) is -1.38. The van der Waals surface area contributed by atoms with Gasteiger partial charge in [-0.3, -0.25) is 0 Å². The molecule has 5 fully saturated rings. The molecule has 2 saturated carbocycles. The highest BCUT2D eigenvalue weighted by atomic mass is 16.7. The number of epoxide rings is 1. The third-order valence-corrected chi connectivity index (χ3v) is 10.3. The molecule has 0 amide bonds. The fourth-order valence-electron chi connectivity index (χ4n) is 7.68. The number of ether oxygens (including phenoxy) is 5. The Kier molecular flexibility index (Phi) is 5.81. The number of aliphatic hydroxyl groups excluding tert-OH is 1. The third kappa shape index (κ3) is 3.48. The SMILES string of the molecule is CC1=CC2O[C@@H]3C[C@H]4OC(=O)C=CC=CC(C)OCCC(C)[C@@H](O)C(=O)OC[C@@]2(CC1)[C@]4(C)C12CC31O2. The fraction of sp³-hybridized carbons (Fsp3) is 0.724. The topological polar surface area (TPSA) is 104 Å². The lowest BCUT2D eigenvalue weighted by Crippen LogP contribution is -2.62. The Morgan fingerprint density at radius 1 is 1.14 bits per heavy atom. The molecule has 4 bridgehead atoms. The molecule has 10 atom stereocenters. The molecule has 8 heteroatoms. The van der Waals surface area contributed by atoms with Crippen molar-refractivity contribution in [2.75, 3.05) is 13.2 Å². The predicted molar refractivity (Wildman–Crippen MR) is 132 cm³/mol. The number of carbonyl (C=O) groups is 2. The van der Waals surface area contributed by atoms with Crippen molar-refractivity contribution in [2.45, 2.75) is 102 Å². The van der Waals surface area contributed by atoms with Crippen molar-refractivity contribution in [2.24, 2.45) is 16.7 Å². The first-order valence-corrected chi connectivity index (χ1v) is 13.6. The Morgan fingerprint density at radius 3 is 2.70 bits per heavy atom. The Balaban J connectivity index is 1.39. The van der Waals surface area contributed by atoms with Gasteiger partial charge in [-0.15, -0.1) is 0 Å². The van der Waals surface area contributed by atoms with E-state index in [0.717, 1.165) is 12.8 Å². The molecular weight excluding hydrogens is 476 g/mol. The maximum atomic E-state index is 13.1. The molecular formula is C29H38O8. The number of aliphatic hydroxyl groups is 1. The maximum Gasteiger partial charge on any atom is 0.335 e. The summed E-state index contributed by atoms with van der Waals surface area (Å²) in [6.07, 6.45) is 9.93. The molecule has 202 valence electrons. The summed E-state index contributed by atoms with van der Waals surface area (Å²) < 4.78 is 31.0. The average molecular weight is 515 g/mol. The van der Waals surface area contributed by atoms with Gasteiger partial charge in [-0.25, -0.2) is 9.59 Å². The van der Waals surface area contributed by atoms with E-state index in [4.69, 9.17) is 23.7 Å². The van der Waals surface area contributed by atoms with Crippen molar-refractivity contribution >= 4 is 11.9 Å². The molecule has 0 aromatic rings. The molecule has 7 aliphatic rings. The normalized spacial score (nSPS) is 51.2. The standard InChI is InChI=1S/C29H38O8/c1-17-9-11-27-16-34-25(32)24(31)18(2)10-12-33-19(3)7-5-6-8-23(30)36-20-14-22(35-21(27)13-17)28-15-29(28,37-28)26(20,27)4/h5-8,13,18-22,24,31H,9-12,14-16H2,1-4H3/t18?,19?,20-,21?,22-,24-,26-,27-,28?,29?/m1/s1. The van der Waals surface area contributed by atoms with Crippen molar-refractivity contribution in [1.29, 1.82) is 0 Å². The highest BCUT2D eigenvalue weighted by Gasteiger charge is 3.01. The van der Waals surface area contributed by atoms with Crippen LogP contribution < -0.4 is 0 Å². The van der Waals surface area contributed by atoms with Gasteiger partial charge in [0.05, 0.1) is 18.3 Å². The molecule has 37 heavy (non-hydrogen) atoms.